The molecule has 0 aliphatic carbocycles. The predicted molar refractivity (Wildman–Crippen MR) is 109 cm³/mol. The molecule has 0 aliphatic rings. The normalized spacial score (nSPS) is 11.7. The molecule has 2 nitrogen and oxygen atoms in total. The lowest BCUT2D eigenvalue weighted by Crippen LogP contribution is -1.99. The minimum atomic E-state index is 0.698. The Morgan fingerprint density at radius 1 is 0.760 bits per heavy atom. The highest BCUT2D eigenvalue weighted by Gasteiger charge is 2.01. The van der Waals surface area contributed by atoms with Gasteiger partial charge in [0, 0.05) is 27.6 Å². The topological polar surface area (TPSA) is 24.4 Å². The molecule has 0 fully saturated rings. The van der Waals surface area contributed by atoms with E-state index < -0.39 is 0 Å². The summed E-state index contributed by atoms with van der Waals surface area (Å²) in [6.45, 7) is 0. The fraction of sp³-hybridized carbons (Fsp3) is 0. The van der Waals surface area contributed by atoms with Gasteiger partial charge >= 0.3 is 0 Å². The molecule has 0 saturated carbocycles. The number of rotatable bonds is 5. The van der Waals surface area contributed by atoms with Gasteiger partial charge in [-0.15, -0.1) is 0 Å². The first-order valence-electron chi connectivity index (χ1n) is 7.79. The van der Waals surface area contributed by atoms with Crippen molar-refractivity contribution in [1.29, 1.82) is 0 Å². The van der Waals surface area contributed by atoms with Gasteiger partial charge in [0.15, 0.2) is 0 Å². The molecule has 0 aromatic heterocycles. The number of hydrogen-bond donors (Lipinski definition) is 1. The van der Waals surface area contributed by atoms with Gasteiger partial charge in [0.2, 0.25) is 0 Å². The van der Waals surface area contributed by atoms with Crippen LogP contribution in [0.4, 0.5) is 11.4 Å². The van der Waals surface area contributed by atoms with Gasteiger partial charge < -0.3 is 5.32 Å². The van der Waals surface area contributed by atoms with Gasteiger partial charge in [-0.05, 0) is 60.2 Å². The van der Waals surface area contributed by atoms with Crippen molar-refractivity contribution in [2.24, 2.45) is 4.99 Å². The molecule has 3 aromatic rings. The largest absolute Gasteiger partial charge is 0.355 e. The van der Waals surface area contributed by atoms with Gasteiger partial charge in [-0.3, -0.25) is 4.99 Å². The van der Waals surface area contributed by atoms with Crippen molar-refractivity contribution in [2.75, 3.05) is 5.32 Å². The van der Waals surface area contributed by atoms with E-state index >= 15 is 0 Å². The molecule has 0 amide bonds. The summed E-state index contributed by atoms with van der Waals surface area (Å²) in [4.78, 5) is 4.45. The van der Waals surface area contributed by atoms with Crippen LogP contribution < -0.4 is 5.32 Å². The fourth-order valence-corrected chi connectivity index (χ4v) is 2.49. The Hall–Kier alpha value is -2.55. The predicted octanol–water partition coefficient (Wildman–Crippen LogP) is 6.85. The molecule has 0 radical (unpaired) electrons. The van der Waals surface area contributed by atoms with Crippen LogP contribution >= 0.6 is 23.2 Å². The third-order valence-electron chi connectivity index (χ3n) is 3.50. The Labute approximate surface area is 157 Å². The molecule has 3 rings (SSSR count). The van der Waals surface area contributed by atoms with E-state index in [0.717, 1.165) is 22.6 Å². The van der Waals surface area contributed by atoms with Crippen molar-refractivity contribution >= 4 is 46.5 Å². The minimum absolute atomic E-state index is 0.698. The molecule has 0 atom stereocenters. The average molecular weight is 367 g/mol. The standard InChI is InChI=1S/C21H16Cl2N2/c22-17-6-10-19(11-7-17)24-15-14-21(16-4-2-1-3-5-16)25-20-12-8-18(23)9-13-20/h1-15,25H/b21-14-,24-15?. The molecular formula is C21H16Cl2N2. The summed E-state index contributed by atoms with van der Waals surface area (Å²) in [7, 11) is 0. The number of benzene rings is 3. The van der Waals surface area contributed by atoms with E-state index in [1.165, 1.54) is 0 Å². The molecular weight excluding hydrogens is 351 g/mol. The van der Waals surface area contributed by atoms with Crippen LogP contribution in [-0.4, -0.2) is 6.21 Å². The Bertz CT molecular complexity index is 868. The maximum absolute atomic E-state index is 5.95. The summed E-state index contributed by atoms with van der Waals surface area (Å²) in [6.07, 6.45) is 3.72. The number of nitrogens with one attached hydrogen (secondary N) is 1. The van der Waals surface area contributed by atoms with Gasteiger partial charge in [0.1, 0.15) is 0 Å². The molecule has 0 heterocycles. The number of nitrogens with zero attached hydrogens (tertiary/aromatic N) is 1. The highest BCUT2D eigenvalue weighted by molar-refractivity contribution is 6.30. The van der Waals surface area contributed by atoms with E-state index in [9.17, 15) is 0 Å². The summed E-state index contributed by atoms with van der Waals surface area (Å²) in [6, 6.07) is 25.1. The van der Waals surface area contributed by atoms with Crippen molar-refractivity contribution in [2.45, 2.75) is 0 Å². The van der Waals surface area contributed by atoms with Crippen LogP contribution in [0.5, 0.6) is 0 Å². The maximum atomic E-state index is 5.95. The van der Waals surface area contributed by atoms with Crippen LogP contribution in [0.25, 0.3) is 5.70 Å². The SMILES string of the molecule is Clc1ccc(N=C/C=C(\Nc2ccc(Cl)cc2)c2ccccc2)cc1. The van der Waals surface area contributed by atoms with Crippen molar-refractivity contribution in [3.8, 4) is 0 Å². The van der Waals surface area contributed by atoms with Crippen molar-refractivity contribution in [3.63, 3.8) is 0 Å². The van der Waals surface area contributed by atoms with Crippen LogP contribution in [0.1, 0.15) is 5.56 Å². The first-order chi connectivity index (χ1) is 12.2. The number of anilines is 1. The van der Waals surface area contributed by atoms with Crippen molar-refractivity contribution in [3.05, 3.63) is 101 Å². The molecule has 0 spiro atoms. The second kappa shape index (κ2) is 8.52. The smallest absolute Gasteiger partial charge is 0.0630 e. The van der Waals surface area contributed by atoms with Crippen molar-refractivity contribution in [1.82, 2.24) is 0 Å². The Morgan fingerprint density at radius 2 is 1.36 bits per heavy atom. The van der Waals surface area contributed by atoms with E-state index in [-0.39, 0.29) is 0 Å². The van der Waals surface area contributed by atoms with Crippen LogP contribution in [0.3, 0.4) is 0 Å². The zero-order chi connectivity index (χ0) is 17.5. The van der Waals surface area contributed by atoms with Crippen molar-refractivity contribution < 1.29 is 0 Å². The lowest BCUT2D eigenvalue weighted by Gasteiger charge is -2.11. The van der Waals surface area contributed by atoms with Gasteiger partial charge in [-0.25, -0.2) is 0 Å². The van der Waals surface area contributed by atoms with Crippen LogP contribution in [-0.2, 0) is 0 Å². The summed E-state index contributed by atoms with van der Waals surface area (Å²) in [5.41, 5.74) is 3.82. The van der Waals surface area contributed by atoms with Gasteiger partial charge in [0.25, 0.3) is 0 Å². The number of hydrogen-bond acceptors (Lipinski definition) is 2. The molecule has 0 saturated heterocycles. The van der Waals surface area contributed by atoms with E-state index in [1.807, 2.05) is 84.9 Å². The maximum Gasteiger partial charge on any atom is 0.0630 e. The van der Waals surface area contributed by atoms with E-state index in [4.69, 9.17) is 23.2 Å². The second-order valence-electron chi connectivity index (χ2n) is 5.33. The first-order valence-corrected chi connectivity index (χ1v) is 8.54. The van der Waals surface area contributed by atoms with Crippen LogP contribution in [0.15, 0.2) is 89.9 Å². The molecule has 1 N–H and O–H groups in total. The molecule has 0 unspecified atom stereocenters. The Balaban J connectivity index is 1.85. The quantitative estimate of drug-likeness (QED) is 0.490. The summed E-state index contributed by atoms with van der Waals surface area (Å²) in [5, 5.41) is 4.81. The second-order valence-corrected chi connectivity index (χ2v) is 6.21. The molecule has 0 aliphatic heterocycles. The highest BCUT2D eigenvalue weighted by atomic mass is 35.5. The monoisotopic (exact) mass is 366 g/mol. The van der Waals surface area contributed by atoms with E-state index in [2.05, 4.69) is 10.3 Å². The lowest BCUT2D eigenvalue weighted by atomic mass is 10.1. The number of allylic oxidation sites excluding steroid dienone is 1. The van der Waals surface area contributed by atoms with Gasteiger partial charge in [-0.1, -0.05) is 53.5 Å². The molecule has 4 heteroatoms. The van der Waals surface area contributed by atoms with E-state index in [1.54, 1.807) is 6.21 Å². The Morgan fingerprint density at radius 3 is 2.00 bits per heavy atom. The Kier molecular flexibility index (Phi) is 5.89. The van der Waals surface area contributed by atoms with E-state index in [0.29, 0.717) is 10.0 Å². The van der Waals surface area contributed by atoms with Gasteiger partial charge in [0.05, 0.1) is 5.69 Å². The van der Waals surface area contributed by atoms with Crippen LogP contribution in [0.2, 0.25) is 10.0 Å². The molecule has 25 heavy (non-hydrogen) atoms. The fourth-order valence-electron chi connectivity index (χ4n) is 2.24. The zero-order valence-electron chi connectivity index (χ0n) is 13.4. The van der Waals surface area contributed by atoms with Crippen LogP contribution in [0, 0.1) is 0 Å². The first kappa shape index (κ1) is 17.3. The molecule has 3 aromatic carbocycles. The third-order valence-corrected chi connectivity index (χ3v) is 4.00. The highest BCUT2D eigenvalue weighted by Crippen LogP contribution is 2.21. The van der Waals surface area contributed by atoms with Gasteiger partial charge in [-0.2, -0.15) is 0 Å². The molecule has 0 bridgehead atoms. The summed E-state index contributed by atoms with van der Waals surface area (Å²) >= 11 is 11.8. The third kappa shape index (κ3) is 5.21. The summed E-state index contributed by atoms with van der Waals surface area (Å²) in [5.74, 6) is 0. The average Bonchev–Trinajstić information content (AvgIpc) is 2.65. The minimum Gasteiger partial charge on any atom is -0.355 e. The number of halogens is 2. The summed E-state index contributed by atoms with van der Waals surface area (Å²) < 4.78 is 0. The number of aliphatic imine (C=N–C) groups is 1. The molecule has 124 valence electrons. The zero-order valence-corrected chi connectivity index (χ0v) is 14.9. The lowest BCUT2D eigenvalue weighted by molar-refractivity contribution is 1.52.